The predicted molar refractivity (Wildman–Crippen MR) is 71.4 cm³/mol. The lowest BCUT2D eigenvalue weighted by Gasteiger charge is -1.98. The Labute approximate surface area is 104 Å². The number of nitrogens with one attached hydrogen (secondary N) is 2. The first-order valence-electron chi connectivity index (χ1n) is 5.59. The average molecular weight is 249 g/mol. The van der Waals surface area contributed by atoms with Crippen molar-refractivity contribution in [2.75, 3.05) is 11.1 Å². The summed E-state index contributed by atoms with van der Waals surface area (Å²) < 4.78 is 0. The molecule has 4 nitrogen and oxygen atoms in total. The molecule has 1 amide bonds. The van der Waals surface area contributed by atoms with Gasteiger partial charge in [0.05, 0.1) is 11.0 Å². The van der Waals surface area contributed by atoms with E-state index in [1.807, 2.05) is 17.8 Å². The highest BCUT2D eigenvalue weighted by Crippen LogP contribution is 2.23. The highest BCUT2D eigenvalue weighted by Gasteiger charge is 2.04. The Morgan fingerprint density at radius 1 is 1.53 bits per heavy atom. The van der Waals surface area contributed by atoms with E-state index in [0.29, 0.717) is 5.95 Å². The molecule has 0 atom stereocenters. The molecule has 0 aliphatic carbocycles. The Balaban J connectivity index is 2.24. The summed E-state index contributed by atoms with van der Waals surface area (Å²) in [7, 11) is 0. The van der Waals surface area contributed by atoms with Crippen molar-refractivity contribution in [3.8, 4) is 0 Å². The quantitative estimate of drug-likeness (QED) is 0.819. The summed E-state index contributed by atoms with van der Waals surface area (Å²) >= 11 is 1.82. The second kappa shape index (κ2) is 5.23. The summed E-state index contributed by atoms with van der Waals surface area (Å²) in [6, 6.07) is 6.09. The van der Waals surface area contributed by atoms with Crippen molar-refractivity contribution in [1.29, 1.82) is 0 Å². The van der Waals surface area contributed by atoms with Crippen LogP contribution in [0.3, 0.4) is 0 Å². The number of imidazole rings is 1. The number of thioether (sulfide) groups is 1. The molecule has 1 heterocycles. The number of hydrogen-bond acceptors (Lipinski definition) is 3. The molecule has 0 bridgehead atoms. The van der Waals surface area contributed by atoms with E-state index in [-0.39, 0.29) is 5.91 Å². The van der Waals surface area contributed by atoms with Gasteiger partial charge in [-0.2, -0.15) is 0 Å². The topological polar surface area (TPSA) is 57.8 Å². The van der Waals surface area contributed by atoms with E-state index in [1.165, 1.54) is 11.8 Å². The van der Waals surface area contributed by atoms with Crippen molar-refractivity contribution in [3.05, 3.63) is 18.2 Å². The first kappa shape index (κ1) is 12.0. The van der Waals surface area contributed by atoms with Crippen LogP contribution in [0.4, 0.5) is 5.95 Å². The molecule has 0 saturated carbocycles. The zero-order valence-electron chi connectivity index (χ0n) is 9.91. The molecule has 0 unspecified atom stereocenters. The fourth-order valence-electron chi connectivity index (χ4n) is 1.52. The third-order valence-corrected chi connectivity index (χ3v) is 3.42. The van der Waals surface area contributed by atoms with E-state index < -0.39 is 0 Å². The van der Waals surface area contributed by atoms with Crippen LogP contribution in [0.1, 0.15) is 20.3 Å². The first-order valence-corrected chi connectivity index (χ1v) is 6.57. The van der Waals surface area contributed by atoms with Gasteiger partial charge in [0.1, 0.15) is 0 Å². The molecular formula is C12H15N3OS. The summed E-state index contributed by atoms with van der Waals surface area (Å²) in [5, 5.41) is 2.64. The zero-order valence-corrected chi connectivity index (χ0v) is 10.7. The maximum Gasteiger partial charge on any atom is 0.223 e. The van der Waals surface area contributed by atoms with Crippen LogP contribution in [-0.4, -0.2) is 21.6 Å². The van der Waals surface area contributed by atoms with E-state index in [9.17, 15) is 4.79 Å². The van der Waals surface area contributed by atoms with Crippen LogP contribution in [0.2, 0.25) is 0 Å². The third kappa shape index (κ3) is 3.00. The van der Waals surface area contributed by atoms with Crippen molar-refractivity contribution >= 4 is 34.7 Å². The van der Waals surface area contributed by atoms with E-state index >= 15 is 0 Å². The van der Waals surface area contributed by atoms with Crippen LogP contribution in [0.5, 0.6) is 0 Å². The van der Waals surface area contributed by atoms with Crippen LogP contribution in [0, 0.1) is 0 Å². The molecule has 1 aromatic heterocycles. The minimum Gasteiger partial charge on any atom is -0.324 e. The van der Waals surface area contributed by atoms with E-state index in [1.54, 1.807) is 0 Å². The maximum atomic E-state index is 10.9. The van der Waals surface area contributed by atoms with Gasteiger partial charge in [0, 0.05) is 11.8 Å². The number of carbonyl (C=O) groups is 1. The van der Waals surface area contributed by atoms with Gasteiger partial charge in [-0.15, -0.1) is 11.8 Å². The van der Waals surface area contributed by atoms with Crippen molar-refractivity contribution < 1.29 is 4.79 Å². The number of carbonyl (C=O) groups excluding carboxylic acids is 1. The fourth-order valence-corrected chi connectivity index (χ4v) is 2.33. The standard InChI is InChI=1S/C12H15N3OS/c1-3-6-17-9-4-5-10-11(7-9)15-12(14-10)13-8(2)16/h4-5,7H,3,6H2,1-2H3,(H2,13,14,15,16). The number of nitrogens with zero attached hydrogens (tertiary/aromatic N) is 1. The Morgan fingerprint density at radius 2 is 2.35 bits per heavy atom. The Bertz CT molecular complexity index is 536. The average Bonchev–Trinajstić information content (AvgIpc) is 2.66. The van der Waals surface area contributed by atoms with Gasteiger partial charge in [-0.1, -0.05) is 6.92 Å². The second-order valence-electron chi connectivity index (χ2n) is 3.79. The smallest absolute Gasteiger partial charge is 0.223 e. The van der Waals surface area contributed by atoms with Crippen molar-refractivity contribution in [3.63, 3.8) is 0 Å². The number of hydrogen-bond donors (Lipinski definition) is 2. The van der Waals surface area contributed by atoms with Crippen molar-refractivity contribution in [1.82, 2.24) is 9.97 Å². The lowest BCUT2D eigenvalue weighted by Crippen LogP contribution is -2.06. The molecule has 2 rings (SSSR count). The Hall–Kier alpha value is -1.49. The number of H-pyrrole nitrogens is 1. The number of aromatic amines is 1. The Kier molecular flexibility index (Phi) is 3.68. The third-order valence-electron chi connectivity index (χ3n) is 2.22. The zero-order chi connectivity index (χ0) is 12.3. The first-order chi connectivity index (χ1) is 8.19. The van der Waals surface area contributed by atoms with E-state index in [0.717, 1.165) is 23.2 Å². The van der Waals surface area contributed by atoms with Gasteiger partial charge < -0.3 is 4.98 Å². The molecule has 90 valence electrons. The minimum atomic E-state index is -0.121. The van der Waals surface area contributed by atoms with Gasteiger partial charge >= 0.3 is 0 Å². The van der Waals surface area contributed by atoms with Crippen LogP contribution in [0.15, 0.2) is 23.1 Å². The molecule has 0 radical (unpaired) electrons. The molecule has 2 N–H and O–H groups in total. The normalized spacial score (nSPS) is 10.7. The van der Waals surface area contributed by atoms with Crippen molar-refractivity contribution in [2.45, 2.75) is 25.2 Å². The Morgan fingerprint density at radius 3 is 3.06 bits per heavy atom. The second-order valence-corrected chi connectivity index (χ2v) is 4.96. The van der Waals surface area contributed by atoms with Gasteiger partial charge in [0.25, 0.3) is 0 Å². The molecule has 0 saturated heterocycles. The molecule has 1 aromatic carbocycles. The largest absolute Gasteiger partial charge is 0.324 e. The van der Waals surface area contributed by atoms with Crippen molar-refractivity contribution in [2.24, 2.45) is 0 Å². The molecule has 2 aromatic rings. The van der Waals surface area contributed by atoms with Gasteiger partial charge in [-0.3, -0.25) is 10.1 Å². The summed E-state index contributed by atoms with van der Waals surface area (Å²) in [6.07, 6.45) is 1.16. The molecule has 5 heteroatoms. The molecule has 17 heavy (non-hydrogen) atoms. The molecular weight excluding hydrogens is 234 g/mol. The number of benzene rings is 1. The van der Waals surface area contributed by atoms with Gasteiger partial charge in [0.15, 0.2) is 0 Å². The lowest BCUT2D eigenvalue weighted by molar-refractivity contribution is -0.114. The summed E-state index contributed by atoms with van der Waals surface area (Å²) in [5.41, 5.74) is 1.82. The minimum absolute atomic E-state index is 0.121. The monoisotopic (exact) mass is 249 g/mol. The highest BCUT2D eigenvalue weighted by atomic mass is 32.2. The fraction of sp³-hybridized carbons (Fsp3) is 0.333. The number of anilines is 1. The molecule has 0 aliphatic heterocycles. The molecule has 0 fully saturated rings. The van der Waals surface area contributed by atoms with Crippen LogP contribution in [0.25, 0.3) is 11.0 Å². The summed E-state index contributed by atoms with van der Waals surface area (Å²) in [5.74, 6) is 1.49. The van der Waals surface area contributed by atoms with Gasteiger partial charge in [0.2, 0.25) is 11.9 Å². The molecule has 0 spiro atoms. The summed E-state index contributed by atoms with van der Waals surface area (Å²) in [6.45, 7) is 3.63. The van der Waals surface area contributed by atoms with Crippen LogP contribution < -0.4 is 5.32 Å². The predicted octanol–water partition coefficient (Wildman–Crippen LogP) is 3.02. The highest BCUT2D eigenvalue weighted by molar-refractivity contribution is 7.99. The van der Waals surface area contributed by atoms with Gasteiger partial charge in [-0.25, -0.2) is 4.98 Å². The summed E-state index contributed by atoms with van der Waals surface area (Å²) in [4.78, 5) is 19.5. The number of amides is 1. The van der Waals surface area contributed by atoms with Gasteiger partial charge in [-0.05, 0) is 30.4 Å². The van der Waals surface area contributed by atoms with E-state index in [2.05, 4.69) is 34.3 Å². The molecule has 0 aliphatic rings. The van der Waals surface area contributed by atoms with Crippen LogP contribution >= 0.6 is 11.8 Å². The SMILES string of the molecule is CCCSc1ccc2nc(NC(C)=O)[nH]c2c1. The number of aromatic nitrogens is 2. The number of fused-ring (bicyclic) bond motifs is 1. The van der Waals surface area contributed by atoms with Crippen LogP contribution in [-0.2, 0) is 4.79 Å². The number of rotatable bonds is 4. The lowest BCUT2D eigenvalue weighted by atomic mass is 10.3. The van der Waals surface area contributed by atoms with E-state index in [4.69, 9.17) is 0 Å². The maximum absolute atomic E-state index is 10.9.